The molecule has 1 unspecified atom stereocenters. The van der Waals surface area contributed by atoms with Gasteiger partial charge in [0, 0.05) is 10.6 Å². The Hall–Kier alpha value is -1.16. The van der Waals surface area contributed by atoms with Crippen molar-refractivity contribution in [1.82, 2.24) is 0 Å². The summed E-state index contributed by atoms with van der Waals surface area (Å²) in [6, 6.07) is 7.34. The maximum atomic E-state index is 11.1. The van der Waals surface area contributed by atoms with Crippen molar-refractivity contribution in [3.8, 4) is 0 Å². The molecule has 94 valence electrons. The monoisotopic (exact) mass is 253 g/mol. The first-order chi connectivity index (χ1) is 8.17. The zero-order valence-corrected chi connectivity index (χ0v) is 11.1. The molecule has 0 saturated carbocycles. The molecule has 17 heavy (non-hydrogen) atoms. The number of nitrogens with one attached hydrogen (secondary N) is 1. The maximum Gasteiger partial charge on any atom is 0.326 e. The zero-order valence-electron chi connectivity index (χ0n) is 10.3. The largest absolute Gasteiger partial charge is 0.480 e. The molecule has 0 spiro atoms. The second kappa shape index (κ2) is 7.22. The van der Waals surface area contributed by atoms with E-state index >= 15 is 0 Å². The van der Waals surface area contributed by atoms with Crippen molar-refractivity contribution in [2.24, 2.45) is 0 Å². The number of hydrogen-bond acceptors (Lipinski definition) is 3. The lowest BCUT2D eigenvalue weighted by molar-refractivity contribution is -0.138. The number of hydrogen-bond donors (Lipinski definition) is 2. The molecule has 1 aromatic carbocycles. The summed E-state index contributed by atoms with van der Waals surface area (Å²) < 4.78 is 0. The van der Waals surface area contributed by atoms with Crippen LogP contribution in [0.5, 0.6) is 0 Å². The molecular weight excluding hydrogens is 234 g/mol. The van der Waals surface area contributed by atoms with Crippen LogP contribution in [0.4, 0.5) is 5.69 Å². The van der Waals surface area contributed by atoms with E-state index in [9.17, 15) is 4.79 Å². The first kappa shape index (κ1) is 13.9. The smallest absolute Gasteiger partial charge is 0.326 e. The summed E-state index contributed by atoms with van der Waals surface area (Å²) in [7, 11) is 0. The minimum Gasteiger partial charge on any atom is -0.480 e. The van der Waals surface area contributed by atoms with E-state index in [1.54, 1.807) is 11.8 Å². The van der Waals surface area contributed by atoms with Crippen molar-refractivity contribution in [3.05, 3.63) is 24.3 Å². The van der Waals surface area contributed by atoms with Crippen molar-refractivity contribution < 1.29 is 9.90 Å². The number of carboxylic acids is 1. The first-order valence-corrected chi connectivity index (χ1v) is 7.03. The van der Waals surface area contributed by atoms with Gasteiger partial charge in [-0.05, 0) is 36.9 Å². The van der Waals surface area contributed by atoms with E-state index < -0.39 is 12.0 Å². The molecular formula is C13H19NO2S. The third-order valence-corrected chi connectivity index (χ3v) is 3.32. The lowest BCUT2D eigenvalue weighted by atomic mass is 10.1. The Morgan fingerprint density at radius 2 is 2.06 bits per heavy atom. The summed E-state index contributed by atoms with van der Waals surface area (Å²) in [6.45, 7) is 2.06. The van der Waals surface area contributed by atoms with Crippen LogP contribution in [-0.4, -0.2) is 23.4 Å². The number of carboxylic acid groups (broad SMARTS) is 1. The molecule has 4 heteroatoms. The molecule has 0 radical (unpaired) electrons. The summed E-state index contributed by atoms with van der Waals surface area (Å²) in [4.78, 5) is 12.2. The molecule has 0 saturated heterocycles. The Morgan fingerprint density at radius 1 is 1.41 bits per heavy atom. The summed E-state index contributed by atoms with van der Waals surface area (Å²) in [5, 5.41) is 12.2. The van der Waals surface area contributed by atoms with Crippen LogP contribution < -0.4 is 5.32 Å². The molecule has 2 N–H and O–H groups in total. The van der Waals surface area contributed by atoms with E-state index in [0.29, 0.717) is 6.42 Å². The fraction of sp³-hybridized carbons (Fsp3) is 0.462. The van der Waals surface area contributed by atoms with Gasteiger partial charge in [-0.2, -0.15) is 0 Å². The fourth-order valence-electron chi connectivity index (χ4n) is 1.55. The normalized spacial score (nSPS) is 12.1. The van der Waals surface area contributed by atoms with Gasteiger partial charge in [-0.15, -0.1) is 11.8 Å². The summed E-state index contributed by atoms with van der Waals surface area (Å²) >= 11 is 1.67. The van der Waals surface area contributed by atoms with Gasteiger partial charge in [0.25, 0.3) is 0 Å². The highest BCUT2D eigenvalue weighted by atomic mass is 32.2. The Labute approximate surface area is 107 Å². The van der Waals surface area contributed by atoms with Crippen molar-refractivity contribution in [2.75, 3.05) is 11.6 Å². The minimum absolute atomic E-state index is 0.491. The average molecular weight is 253 g/mol. The SMILES string of the molecule is CCCCC(Nc1ccc(SC)cc1)C(=O)O. The number of unbranched alkanes of at least 4 members (excludes halogenated alkanes) is 1. The predicted octanol–water partition coefficient (Wildman–Crippen LogP) is 3.46. The van der Waals surface area contributed by atoms with E-state index in [1.165, 1.54) is 4.90 Å². The van der Waals surface area contributed by atoms with Crippen LogP contribution in [0.1, 0.15) is 26.2 Å². The van der Waals surface area contributed by atoms with Gasteiger partial charge in [0.1, 0.15) is 6.04 Å². The van der Waals surface area contributed by atoms with Gasteiger partial charge in [0.2, 0.25) is 0 Å². The molecule has 0 amide bonds. The number of anilines is 1. The standard InChI is InChI=1S/C13H19NO2S/c1-3-4-5-12(13(15)16)14-10-6-8-11(17-2)9-7-10/h6-9,12,14H,3-5H2,1-2H3,(H,15,16). The quantitative estimate of drug-likeness (QED) is 0.731. The van der Waals surface area contributed by atoms with Crippen molar-refractivity contribution in [2.45, 2.75) is 37.1 Å². The minimum atomic E-state index is -0.785. The number of aliphatic carboxylic acids is 1. The molecule has 3 nitrogen and oxygen atoms in total. The van der Waals surface area contributed by atoms with Crippen LogP contribution in [0.2, 0.25) is 0 Å². The van der Waals surface area contributed by atoms with Gasteiger partial charge >= 0.3 is 5.97 Å². The molecule has 1 atom stereocenters. The number of carbonyl (C=O) groups is 1. The molecule has 0 aromatic heterocycles. The Kier molecular flexibility index (Phi) is 5.91. The highest BCUT2D eigenvalue weighted by molar-refractivity contribution is 7.98. The predicted molar refractivity (Wildman–Crippen MR) is 72.8 cm³/mol. The Morgan fingerprint density at radius 3 is 2.53 bits per heavy atom. The van der Waals surface area contributed by atoms with Crippen molar-refractivity contribution in [3.63, 3.8) is 0 Å². The molecule has 0 aliphatic rings. The lowest BCUT2D eigenvalue weighted by Gasteiger charge is -2.15. The summed E-state index contributed by atoms with van der Waals surface area (Å²) in [6.07, 6.45) is 4.61. The van der Waals surface area contributed by atoms with Crippen molar-refractivity contribution >= 4 is 23.4 Å². The van der Waals surface area contributed by atoms with Gasteiger partial charge in [-0.25, -0.2) is 4.79 Å². The Balaban J connectivity index is 2.61. The van der Waals surface area contributed by atoms with Crippen LogP contribution in [0.3, 0.4) is 0 Å². The Bertz CT molecular complexity index is 351. The highest BCUT2D eigenvalue weighted by Crippen LogP contribution is 2.18. The molecule has 0 fully saturated rings. The summed E-state index contributed by atoms with van der Waals surface area (Å²) in [5.74, 6) is -0.785. The first-order valence-electron chi connectivity index (χ1n) is 5.80. The van der Waals surface area contributed by atoms with Gasteiger partial charge in [-0.3, -0.25) is 0 Å². The number of thioether (sulfide) groups is 1. The van der Waals surface area contributed by atoms with E-state index in [1.807, 2.05) is 30.5 Å². The fourth-order valence-corrected chi connectivity index (χ4v) is 1.96. The third kappa shape index (κ3) is 4.69. The average Bonchev–Trinajstić information content (AvgIpc) is 2.35. The van der Waals surface area contributed by atoms with Crippen LogP contribution in [-0.2, 0) is 4.79 Å². The summed E-state index contributed by atoms with van der Waals surface area (Å²) in [5.41, 5.74) is 0.867. The van der Waals surface area contributed by atoms with E-state index in [2.05, 4.69) is 12.2 Å². The van der Waals surface area contributed by atoms with Crippen LogP contribution >= 0.6 is 11.8 Å². The van der Waals surface area contributed by atoms with Gasteiger partial charge < -0.3 is 10.4 Å². The number of benzene rings is 1. The molecule has 0 aliphatic heterocycles. The highest BCUT2D eigenvalue weighted by Gasteiger charge is 2.15. The second-order valence-corrected chi connectivity index (χ2v) is 4.79. The second-order valence-electron chi connectivity index (χ2n) is 3.91. The maximum absolute atomic E-state index is 11.1. The molecule has 1 rings (SSSR count). The molecule has 0 heterocycles. The van der Waals surface area contributed by atoms with Crippen LogP contribution in [0.15, 0.2) is 29.2 Å². The topological polar surface area (TPSA) is 49.3 Å². The molecule has 1 aromatic rings. The van der Waals surface area contributed by atoms with E-state index in [0.717, 1.165) is 18.5 Å². The number of rotatable bonds is 7. The lowest BCUT2D eigenvalue weighted by Crippen LogP contribution is -2.29. The van der Waals surface area contributed by atoms with E-state index in [-0.39, 0.29) is 0 Å². The molecule has 0 aliphatic carbocycles. The van der Waals surface area contributed by atoms with Crippen LogP contribution in [0, 0.1) is 0 Å². The zero-order chi connectivity index (χ0) is 12.7. The van der Waals surface area contributed by atoms with Gasteiger partial charge in [0.05, 0.1) is 0 Å². The van der Waals surface area contributed by atoms with Crippen molar-refractivity contribution in [1.29, 1.82) is 0 Å². The van der Waals surface area contributed by atoms with Gasteiger partial charge in [-0.1, -0.05) is 19.8 Å². The molecule has 0 bridgehead atoms. The van der Waals surface area contributed by atoms with E-state index in [4.69, 9.17) is 5.11 Å². The van der Waals surface area contributed by atoms with Crippen LogP contribution in [0.25, 0.3) is 0 Å². The van der Waals surface area contributed by atoms with Gasteiger partial charge in [0.15, 0.2) is 0 Å². The third-order valence-electron chi connectivity index (χ3n) is 2.58.